The minimum absolute atomic E-state index is 0.0223. The van der Waals surface area contributed by atoms with Gasteiger partial charge in [0.25, 0.3) is 0 Å². The van der Waals surface area contributed by atoms with Gasteiger partial charge >= 0.3 is 0 Å². The number of hydrogen-bond donors (Lipinski definition) is 1. The molecule has 2 rings (SSSR count). The molecule has 0 aliphatic carbocycles. The SMILES string of the molecule is CC(N)Cc1ccc(Oc2cc(Br)cc(F)c2F)cc1Cl. The molecule has 0 aliphatic heterocycles. The largest absolute Gasteiger partial charge is 0.454 e. The molecule has 2 nitrogen and oxygen atoms in total. The van der Waals surface area contributed by atoms with Crippen molar-refractivity contribution < 1.29 is 13.5 Å². The number of benzene rings is 2. The van der Waals surface area contributed by atoms with E-state index in [4.69, 9.17) is 22.1 Å². The number of rotatable bonds is 4. The lowest BCUT2D eigenvalue weighted by Crippen LogP contribution is -2.17. The zero-order valence-corrected chi connectivity index (χ0v) is 13.5. The second-order valence-corrected chi connectivity index (χ2v) is 6.06. The van der Waals surface area contributed by atoms with E-state index in [1.165, 1.54) is 6.07 Å². The van der Waals surface area contributed by atoms with Crippen molar-refractivity contribution in [3.63, 3.8) is 0 Å². The number of halogens is 4. The molecule has 0 saturated heterocycles. The van der Waals surface area contributed by atoms with Gasteiger partial charge in [-0.2, -0.15) is 4.39 Å². The van der Waals surface area contributed by atoms with Crippen LogP contribution >= 0.6 is 27.5 Å². The molecule has 0 bridgehead atoms. The molecular formula is C15H13BrClF2NO. The van der Waals surface area contributed by atoms with Crippen molar-refractivity contribution in [3.05, 3.63) is 57.0 Å². The second-order valence-electron chi connectivity index (χ2n) is 4.74. The Morgan fingerprint density at radius 3 is 2.62 bits per heavy atom. The summed E-state index contributed by atoms with van der Waals surface area (Å²) in [5, 5.41) is 0.473. The van der Waals surface area contributed by atoms with Crippen LogP contribution in [0.3, 0.4) is 0 Å². The Morgan fingerprint density at radius 1 is 1.29 bits per heavy atom. The zero-order valence-electron chi connectivity index (χ0n) is 11.2. The van der Waals surface area contributed by atoms with Crippen LogP contribution in [-0.4, -0.2) is 6.04 Å². The van der Waals surface area contributed by atoms with E-state index in [-0.39, 0.29) is 11.8 Å². The van der Waals surface area contributed by atoms with Crippen molar-refractivity contribution in [3.8, 4) is 11.5 Å². The fourth-order valence-electron chi connectivity index (χ4n) is 1.84. The Kier molecular flexibility index (Phi) is 5.19. The highest BCUT2D eigenvalue weighted by atomic mass is 79.9. The number of ether oxygens (including phenoxy) is 1. The highest BCUT2D eigenvalue weighted by Gasteiger charge is 2.13. The predicted molar refractivity (Wildman–Crippen MR) is 82.9 cm³/mol. The van der Waals surface area contributed by atoms with Gasteiger partial charge in [0.1, 0.15) is 5.75 Å². The Labute approximate surface area is 135 Å². The predicted octanol–water partition coefficient (Wildman–Crippen LogP) is 5.06. The number of nitrogens with two attached hydrogens (primary N) is 1. The van der Waals surface area contributed by atoms with Crippen LogP contribution in [0.25, 0.3) is 0 Å². The van der Waals surface area contributed by atoms with Gasteiger partial charge in [-0.3, -0.25) is 0 Å². The average molecular weight is 377 g/mol. The maximum absolute atomic E-state index is 13.6. The van der Waals surface area contributed by atoms with Gasteiger partial charge < -0.3 is 10.5 Å². The minimum Gasteiger partial charge on any atom is -0.454 e. The molecule has 0 saturated carbocycles. The van der Waals surface area contributed by atoms with Crippen molar-refractivity contribution in [1.82, 2.24) is 0 Å². The minimum atomic E-state index is -1.05. The van der Waals surface area contributed by atoms with Crippen LogP contribution in [0.5, 0.6) is 11.5 Å². The highest BCUT2D eigenvalue weighted by Crippen LogP contribution is 2.31. The van der Waals surface area contributed by atoms with Crippen LogP contribution < -0.4 is 10.5 Å². The first kappa shape index (κ1) is 16.2. The molecule has 6 heteroatoms. The lowest BCUT2D eigenvalue weighted by molar-refractivity contribution is 0.415. The molecule has 21 heavy (non-hydrogen) atoms. The highest BCUT2D eigenvalue weighted by molar-refractivity contribution is 9.10. The van der Waals surface area contributed by atoms with Gasteiger partial charge in [-0.15, -0.1) is 0 Å². The summed E-state index contributed by atoms with van der Waals surface area (Å²) in [6.45, 7) is 1.88. The normalized spacial score (nSPS) is 12.3. The van der Waals surface area contributed by atoms with Gasteiger partial charge in [0, 0.05) is 15.5 Å². The van der Waals surface area contributed by atoms with E-state index in [2.05, 4.69) is 15.9 Å². The first-order valence-corrected chi connectivity index (χ1v) is 7.40. The maximum atomic E-state index is 13.6. The molecule has 112 valence electrons. The van der Waals surface area contributed by atoms with Crippen molar-refractivity contribution >= 4 is 27.5 Å². The summed E-state index contributed by atoms with van der Waals surface area (Å²) in [5.74, 6) is -1.92. The van der Waals surface area contributed by atoms with Gasteiger partial charge in [-0.1, -0.05) is 33.6 Å². The lowest BCUT2D eigenvalue weighted by Gasteiger charge is -2.11. The second kappa shape index (κ2) is 6.73. The molecule has 0 heterocycles. The summed E-state index contributed by atoms with van der Waals surface area (Å²) < 4.78 is 32.7. The summed E-state index contributed by atoms with van der Waals surface area (Å²) >= 11 is 9.22. The molecule has 0 spiro atoms. The molecule has 0 amide bonds. The van der Waals surface area contributed by atoms with Crippen LogP contribution in [0.1, 0.15) is 12.5 Å². The summed E-state index contributed by atoms with van der Waals surface area (Å²) in [6, 6.07) is 7.31. The first-order chi connectivity index (χ1) is 9.86. The van der Waals surface area contributed by atoms with Crippen LogP contribution in [0.15, 0.2) is 34.8 Å². The number of hydrogen-bond acceptors (Lipinski definition) is 2. The molecule has 0 fully saturated rings. The summed E-state index contributed by atoms with van der Waals surface area (Å²) in [6.07, 6.45) is 0.624. The molecule has 0 aliphatic rings. The molecule has 1 unspecified atom stereocenters. The van der Waals surface area contributed by atoms with Gasteiger partial charge in [-0.25, -0.2) is 4.39 Å². The topological polar surface area (TPSA) is 35.2 Å². The third kappa shape index (κ3) is 4.15. The molecule has 0 radical (unpaired) electrons. The Hall–Kier alpha value is -1.17. The van der Waals surface area contributed by atoms with Crippen LogP contribution in [0, 0.1) is 11.6 Å². The Morgan fingerprint density at radius 2 is 2.00 bits per heavy atom. The third-order valence-corrected chi connectivity index (χ3v) is 3.56. The average Bonchev–Trinajstić information content (AvgIpc) is 2.38. The monoisotopic (exact) mass is 375 g/mol. The summed E-state index contributed by atoms with van der Waals surface area (Å²) in [7, 11) is 0. The smallest absolute Gasteiger partial charge is 0.201 e. The van der Waals surface area contributed by atoms with Crippen molar-refractivity contribution in [1.29, 1.82) is 0 Å². The molecule has 0 aromatic heterocycles. The maximum Gasteiger partial charge on any atom is 0.201 e. The quantitative estimate of drug-likeness (QED) is 0.757. The van der Waals surface area contributed by atoms with Crippen molar-refractivity contribution in [2.75, 3.05) is 0 Å². The van der Waals surface area contributed by atoms with E-state index in [1.54, 1.807) is 18.2 Å². The van der Waals surface area contributed by atoms with Crippen LogP contribution in [-0.2, 0) is 6.42 Å². The molecule has 2 N–H and O–H groups in total. The van der Waals surface area contributed by atoms with E-state index in [9.17, 15) is 8.78 Å². The van der Waals surface area contributed by atoms with Crippen LogP contribution in [0.4, 0.5) is 8.78 Å². The molecule has 2 aromatic carbocycles. The van der Waals surface area contributed by atoms with Gasteiger partial charge in [0.15, 0.2) is 11.6 Å². The van der Waals surface area contributed by atoms with E-state index in [1.807, 2.05) is 6.92 Å². The third-order valence-electron chi connectivity index (χ3n) is 2.75. The van der Waals surface area contributed by atoms with Crippen molar-refractivity contribution in [2.24, 2.45) is 5.73 Å². The van der Waals surface area contributed by atoms with Gasteiger partial charge in [-0.05, 0) is 43.2 Å². The van der Waals surface area contributed by atoms with E-state index in [0.717, 1.165) is 11.6 Å². The zero-order chi connectivity index (χ0) is 15.6. The fourth-order valence-corrected chi connectivity index (χ4v) is 2.49. The van der Waals surface area contributed by atoms with E-state index in [0.29, 0.717) is 21.7 Å². The molecular weight excluding hydrogens is 364 g/mol. The van der Waals surface area contributed by atoms with Crippen LogP contribution in [0.2, 0.25) is 5.02 Å². The Bertz CT molecular complexity index is 664. The standard InChI is InChI=1S/C15H13BrClF2NO/c1-8(20)4-9-2-3-11(7-12(9)17)21-14-6-10(16)5-13(18)15(14)19/h2-3,5-8H,4,20H2,1H3. The lowest BCUT2D eigenvalue weighted by atomic mass is 10.1. The Balaban J connectivity index is 2.27. The van der Waals surface area contributed by atoms with E-state index >= 15 is 0 Å². The first-order valence-electron chi connectivity index (χ1n) is 6.23. The summed E-state index contributed by atoms with van der Waals surface area (Å²) in [4.78, 5) is 0. The molecule has 1 atom stereocenters. The van der Waals surface area contributed by atoms with Gasteiger partial charge in [0.05, 0.1) is 0 Å². The van der Waals surface area contributed by atoms with Crippen molar-refractivity contribution in [2.45, 2.75) is 19.4 Å². The van der Waals surface area contributed by atoms with E-state index < -0.39 is 11.6 Å². The molecule has 2 aromatic rings. The summed E-state index contributed by atoms with van der Waals surface area (Å²) in [5.41, 5.74) is 6.60. The van der Waals surface area contributed by atoms with Gasteiger partial charge in [0.2, 0.25) is 5.82 Å². The fraction of sp³-hybridized carbons (Fsp3) is 0.200.